The Kier molecular flexibility index (Phi) is 4.04. The number of nitrogens with two attached hydrogens (primary N) is 1. The lowest BCUT2D eigenvalue weighted by atomic mass is 10.0. The second-order valence-corrected chi connectivity index (χ2v) is 5.41. The standard InChI is InChI=1S/C14H20FN3O/c1-9-6-18(7-10(9)2)8-11-4-3-5-12(13(11)15)14(16)17-19/h3-5,9-10,19H,6-8H2,1-2H3,(H2,16,17). The van der Waals surface area contributed by atoms with Crippen molar-refractivity contribution >= 4 is 5.84 Å². The molecule has 1 aromatic rings. The van der Waals surface area contributed by atoms with Gasteiger partial charge in [0.05, 0.1) is 5.56 Å². The maximum Gasteiger partial charge on any atom is 0.173 e. The lowest BCUT2D eigenvalue weighted by molar-refractivity contribution is 0.310. The molecular formula is C14H20FN3O. The Hall–Kier alpha value is -1.62. The molecule has 0 aliphatic carbocycles. The Balaban J connectivity index is 2.18. The minimum Gasteiger partial charge on any atom is -0.409 e. The van der Waals surface area contributed by atoms with E-state index in [1.807, 2.05) is 0 Å². The van der Waals surface area contributed by atoms with Gasteiger partial charge in [-0.2, -0.15) is 0 Å². The molecule has 0 bridgehead atoms. The molecule has 2 rings (SSSR count). The van der Waals surface area contributed by atoms with Crippen LogP contribution in [-0.2, 0) is 6.54 Å². The van der Waals surface area contributed by atoms with Gasteiger partial charge in [0.1, 0.15) is 5.82 Å². The highest BCUT2D eigenvalue weighted by Gasteiger charge is 2.26. The van der Waals surface area contributed by atoms with Crippen molar-refractivity contribution in [2.24, 2.45) is 22.7 Å². The highest BCUT2D eigenvalue weighted by Crippen LogP contribution is 2.24. The van der Waals surface area contributed by atoms with E-state index in [1.54, 1.807) is 12.1 Å². The maximum atomic E-state index is 14.3. The van der Waals surface area contributed by atoms with E-state index >= 15 is 0 Å². The summed E-state index contributed by atoms with van der Waals surface area (Å²) in [5, 5.41) is 11.5. The minimum absolute atomic E-state index is 0.153. The van der Waals surface area contributed by atoms with Gasteiger partial charge in [-0.15, -0.1) is 0 Å². The fourth-order valence-electron chi connectivity index (χ4n) is 2.57. The van der Waals surface area contributed by atoms with Crippen LogP contribution in [0.5, 0.6) is 0 Å². The van der Waals surface area contributed by atoms with Crippen LogP contribution in [-0.4, -0.2) is 29.0 Å². The molecule has 0 aromatic heterocycles. The quantitative estimate of drug-likeness (QED) is 0.380. The van der Waals surface area contributed by atoms with Crippen LogP contribution in [0.25, 0.3) is 0 Å². The summed E-state index contributed by atoms with van der Waals surface area (Å²) in [4.78, 5) is 2.24. The van der Waals surface area contributed by atoms with Gasteiger partial charge in [-0.3, -0.25) is 4.90 Å². The largest absolute Gasteiger partial charge is 0.409 e. The van der Waals surface area contributed by atoms with E-state index in [4.69, 9.17) is 10.9 Å². The second-order valence-electron chi connectivity index (χ2n) is 5.41. The molecule has 4 nitrogen and oxygen atoms in total. The van der Waals surface area contributed by atoms with Gasteiger partial charge in [0, 0.05) is 25.2 Å². The van der Waals surface area contributed by atoms with Crippen LogP contribution in [0, 0.1) is 17.7 Å². The summed E-state index contributed by atoms with van der Waals surface area (Å²) >= 11 is 0. The van der Waals surface area contributed by atoms with E-state index in [0.29, 0.717) is 23.9 Å². The van der Waals surface area contributed by atoms with E-state index in [2.05, 4.69) is 23.9 Å². The normalized spacial score (nSPS) is 24.9. The molecule has 5 heteroatoms. The van der Waals surface area contributed by atoms with Gasteiger partial charge in [-0.05, 0) is 17.9 Å². The van der Waals surface area contributed by atoms with E-state index in [9.17, 15) is 4.39 Å². The first kappa shape index (κ1) is 13.8. The third-order valence-corrected chi connectivity index (χ3v) is 3.92. The molecule has 0 radical (unpaired) electrons. The number of amidine groups is 1. The van der Waals surface area contributed by atoms with Crippen molar-refractivity contribution in [3.8, 4) is 0 Å². The summed E-state index contributed by atoms with van der Waals surface area (Å²) in [6, 6.07) is 5.00. The van der Waals surface area contributed by atoms with Gasteiger partial charge < -0.3 is 10.9 Å². The molecule has 0 saturated carbocycles. The predicted molar refractivity (Wildman–Crippen MR) is 72.5 cm³/mol. The van der Waals surface area contributed by atoms with Crippen molar-refractivity contribution in [1.29, 1.82) is 0 Å². The van der Waals surface area contributed by atoms with Crippen molar-refractivity contribution in [1.82, 2.24) is 4.90 Å². The Morgan fingerprint density at radius 3 is 2.63 bits per heavy atom. The lowest BCUT2D eigenvalue weighted by Gasteiger charge is -2.16. The van der Waals surface area contributed by atoms with Crippen LogP contribution in [0.3, 0.4) is 0 Å². The third-order valence-electron chi connectivity index (χ3n) is 3.92. The average molecular weight is 265 g/mol. The molecule has 2 unspecified atom stereocenters. The van der Waals surface area contributed by atoms with Crippen LogP contribution >= 0.6 is 0 Å². The molecule has 2 atom stereocenters. The fourth-order valence-corrected chi connectivity index (χ4v) is 2.57. The molecule has 0 amide bonds. The summed E-state index contributed by atoms with van der Waals surface area (Å²) in [7, 11) is 0. The van der Waals surface area contributed by atoms with Gasteiger partial charge in [0.25, 0.3) is 0 Å². The smallest absolute Gasteiger partial charge is 0.173 e. The Morgan fingerprint density at radius 2 is 2.05 bits per heavy atom. The van der Waals surface area contributed by atoms with Crippen molar-refractivity contribution in [2.75, 3.05) is 13.1 Å². The SMILES string of the molecule is CC1CN(Cc2cccc(/C(N)=N/O)c2F)CC1C. The van der Waals surface area contributed by atoms with Gasteiger partial charge in [-0.25, -0.2) is 4.39 Å². The summed E-state index contributed by atoms with van der Waals surface area (Å²) in [5.41, 5.74) is 6.20. The monoisotopic (exact) mass is 265 g/mol. The van der Waals surface area contributed by atoms with Crippen LogP contribution in [0.2, 0.25) is 0 Å². The van der Waals surface area contributed by atoms with Crippen LogP contribution in [0.1, 0.15) is 25.0 Å². The first-order chi connectivity index (χ1) is 9.02. The molecular weight excluding hydrogens is 245 g/mol. The number of hydrogen-bond acceptors (Lipinski definition) is 3. The van der Waals surface area contributed by atoms with E-state index in [1.165, 1.54) is 6.07 Å². The number of benzene rings is 1. The first-order valence-corrected chi connectivity index (χ1v) is 6.50. The van der Waals surface area contributed by atoms with Crippen molar-refractivity contribution in [2.45, 2.75) is 20.4 Å². The summed E-state index contributed by atoms with van der Waals surface area (Å²) in [6.45, 7) is 6.96. The van der Waals surface area contributed by atoms with Gasteiger partial charge in [0.15, 0.2) is 5.84 Å². The highest BCUT2D eigenvalue weighted by atomic mass is 19.1. The molecule has 0 spiro atoms. The summed E-state index contributed by atoms with van der Waals surface area (Å²) in [5.74, 6) is 0.679. The minimum atomic E-state index is -0.398. The number of hydrogen-bond donors (Lipinski definition) is 2. The summed E-state index contributed by atoms with van der Waals surface area (Å²) < 4.78 is 14.3. The average Bonchev–Trinajstić information content (AvgIpc) is 2.70. The Morgan fingerprint density at radius 1 is 1.42 bits per heavy atom. The van der Waals surface area contributed by atoms with E-state index in [-0.39, 0.29) is 11.4 Å². The fraction of sp³-hybridized carbons (Fsp3) is 0.500. The molecule has 19 heavy (non-hydrogen) atoms. The Labute approximate surface area is 112 Å². The van der Waals surface area contributed by atoms with Crippen LogP contribution in [0.4, 0.5) is 4.39 Å². The second kappa shape index (κ2) is 5.57. The van der Waals surface area contributed by atoms with Crippen molar-refractivity contribution in [3.63, 3.8) is 0 Å². The number of nitrogens with zero attached hydrogens (tertiary/aromatic N) is 2. The highest BCUT2D eigenvalue weighted by molar-refractivity contribution is 5.97. The van der Waals surface area contributed by atoms with Crippen LogP contribution < -0.4 is 5.73 Å². The van der Waals surface area contributed by atoms with E-state index < -0.39 is 5.82 Å². The van der Waals surface area contributed by atoms with Gasteiger partial charge in [0.2, 0.25) is 0 Å². The zero-order valence-corrected chi connectivity index (χ0v) is 11.3. The topological polar surface area (TPSA) is 61.8 Å². The zero-order chi connectivity index (χ0) is 14.0. The third kappa shape index (κ3) is 2.87. The summed E-state index contributed by atoms with van der Waals surface area (Å²) in [6.07, 6.45) is 0. The molecule has 104 valence electrons. The van der Waals surface area contributed by atoms with Gasteiger partial charge >= 0.3 is 0 Å². The Bertz CT molecular complexity index is 480. The predicted octanol–water partition coefficient (Wildman–Crippen LogP) is 2.01. The maximum absolute atomic E-state index is 14.3. The molecule has 1 fully saturated rings. The van der Waals surface area contributed by atoms with Gasteiger partial charge in [-0.1, -0.05) is 31.1 Å². The zero-order valence-electron chi connectivity index (χ0n) is 11.3. The molecule has 1 heterocycles. The molecule has 1 aromatic carbocycles. The number of oxime groups is 1. The lowest BCUT2D eigenvalue weighted by Crippen LogP contribution is -2.22. The van der Waals surface area contributed by atoms with Crippen molar-refractivity contribution < 1.29 is 9.60 Å². The number of rotatable bonds is 3. The molecule has 1 aliphatic heterocycles. The molecule has 3 N–H and O–H groups in total. The first-order valence-electron chi connectivity index (χ1n) is 6.50. The van der Waals surface area contributed by atoms with Crippen LogP contribution in [0.15, 0.2) is 23.4 Å². The number of likely N-dealkylation sites (tertiary alicyclic amines) is 1. The molecule has 1 aliphatic rings. The van der Waals surface area contributed by atoms with E-state index in [0.717, 1.165) is 13.1 Å². The molecule has 1 saturated heterocycles. The number of halogens is 1. The van der Waals surface area contributed by atoms with Crippen molar-refractivity contribution in [3.05, 3.63) is 35.1 Å².